The number of nitrogens with zero attached hydrogens (tertiary/aromatic N) is 6. The van der Waals surface area contributed by atoms with Crippen LogP contribution in [0.5, 0.6) is 0 Å². The Hall–Kier alpha value is -2.33. The number of piperidine rings is 1. The number of thioether (sulfide) groups is 1. The van der Waals surface area contributed by atoms with Crippen LogP contribution in [0.4, 0.5) is 10.6 Å². The predicted molar refractivity (Wildman–Crippen MR) is 127 cm³/mol. The fraction of sp³-hybridized carbons (Fsp3) is 0.545. The molecule has 2 aromatic heterocycles. The van der Waals surface area contributed by atoms with Crippen LogP contribution >= 0.6 is 23.1 Å². The van der Waals surface area contributed by atoms with Gasteiger partial charge in [0, 0.05) is 69.1 Å². The lowest BCUT2D eigenvalue weighted by molar-refractivity contribution is 0.0797. The molecule has 3 aliphatic rings. The van der Waals surface area contributed by atoms with Crippen LogP contribution in [0.3, 0.4) is 0 Å². The van der Waals surface area contributed by atoms with Gasteiger partial charge in [-0.3, -0.25) is 4.79 Å². The average molecular weight is 473 g/mol. The van der Waals surface area contributed by atoms with Crippen molar-refractivity contribution in [2.45, 2.75) is 18.8 Å². The van der Waals surface area contributed by atoms with E-state index in [1.54, 1.807) is 23.1 Å². The van der Waals surface area contributed by atoms with E-state index >= 15 is 0 Å². The van der Waals surface area contributed by atoms with Crippen molar-refractivity contribution < 1.29 is 9.59 Å². The van der Waals surface area contributed by atoms with E-state index in [-0.39, 0.29) is 11.9 Å². The fourth-order valence-corrected chi connectivity index (χ4v) is 6.41. The van der Waals surface area contributed by atoms with E-state index in [1.165, 1.54) is 0 Å². The number of pyridine rings is 1. The van der Waals surface area contributed by atoms with Gasteiger partial charge in [-0.25, -0.2) is 14.8 Å². The molecule has 0 N–H and O–H groups in total. The molecular weight excluding hydrogens is 444 g/mol. The van der Waals surface area contributed by atoms with Gasteiger partial charge in [-0.15, -0.1) is 23.1 Å². The Kier molecular flexibility index (Phi) is 6.49. The third kappa shape index (κ3) is 4.56. The molecule has 170 valence electrons. The van der Waals surface area contributed by atoms with Crippen LogP contribution in [0.1, 0.15) is 34.3 Å². The van der Waals surface area contributed by atoms with Crippen LogP contribution < -0.4 is 4.90 Å². The van der Waals surface area contributed by atoms with Crippen LogP contribution in [-0.4, -0.2) is 94.0 Å². The number of rotatable bonds is 3. The van der Waals surface area contributed by atoms with Gasteiger partial charge in [0.25, 0.3) is 5.91 Å². The van der Waals surface area contributed by atoms with Crippen molar-refractivity contribution in [1.82, 2.24) is 24.7 Å². The van der Waals surface area contributed by atoms with Crippen molar-refractivity contribution in [3.05, 3.63) is 40.5 Å². The van der Waals surface area contributed by atoms with Crippen LogP contribution in [0.15, 0.2) is 29.8 Å². The highest BCUT2D eigenvalue weighted by molar-refractivity contribution is 7.99. The second kappa shape index (κ2) is 9.66. The van der Waals surface area contributed by atoms with E-state index in [9.17, 15) is 9.59 Å². The first-order chi connectivity index (χ1) is 15.7. The van der Waals surface area contributed by atoms with Gasteiger partial charge >= 0.3 is 6.03 Å². The van der Waals surface area contributed by atoms with E-state index in [2.05, 4.69) is 14.9 Å². The van der Waals surface area contributed by atoms with Gasteiger partial charge in [0.05, 0.1) is 10.9 Å². The molecule has 32 heavy (non-hydrogen) atoms. The lowest BCUT2D eigenvalue weighted by atomic mass is 9.98. The Bertz CT molecular complexity index is 933. The van der Waals surface area contributed by atoms with E-state index in [0.717, 1.165) is 81.1 Å². The topological polar surface area (TPSA) is 72.9 Å². The number of thiazole rings is 1. The van der Waals surface area contributed by atoms with Gasteiger partial charge in [-0.1, -0.05) is 6.07 Å². The van der Waals surface area contributed by atoms with E-state index in [0.29, 0.717) is 11.6 Å². The number of likely N-dealkylation sites (tertiary alicyclic amines) is 1. The maximum atomic E-state index is 13.0. The zero-order valence-corrected chi connectivity index (χ0v) is 19.7. The summed E-state index contributed by atoms with van der Waals surface area (Å²) in [6.07, 6.45) is 3.62. The van der Waals surface area contributed by atoms with E-state index in [4.69, 9.17) is 0 Å². The van der Waals surface area contributed by atoms with Crippen molar-refractivity contribution in [2.24, 2.45) is 0 Å². The SMILES string of the molecule is O=C(c1csc(C2CCN(C(=O)N3CCN(c4ccccn4)CC3)CC2)n1)N1CCSC1. The molecule has 0 spiro atoms. The summed E-state index contributed by atoms with van der Waals surface area (Å²) in [7, 11) is 0. The minimum atomic E-state index is 0.0509. The Morgan fingerprint density at radius 2 is 1.72 bits per heavy atom. The largest absolute Gasteiger partial charge is 0.353 e. The highest BCUT2D eigenvalue weighted by Crippen LogP contribution is 2.31. The van der Waals surface area contributed by atoms with Crippen molar-refractivity contribution in [2.75, 3.05) is 62.3 Å². The smallest absolute Gasteiger partial charge is 0.320 e. The van der Waals surface area contributed by atoms with Crippen LogP contribution in [-0.2, 0) is 0 Å². The van der Waals surface area contributed by atoms with E-state index < -0.39 is 0 Å². The summed E-state index contributed by atoms with van der Waals surface area (Å²) >= 11 is 3.38. The number of urea groups is 1. The normalized spacial score (nSPS) is 20.1. The molecule has 3 aliphatic heterocycles. The Morgan fingerprint density at radius 1 is 0.938 bits per heavy atom. The third-order valence-corrected chi connectivity index (χ3v) is 8.39. The lowest BCUT2D eigenvalue weighted by Gasteiger charge is -2.39. The fourth-order valence-electron chi connectivity index (χ4n) is 4.49. The summed E-state index contributed by atoms with van der Waals surface area (Å²) in [6.45, 7) is 5.37. The van der Waals surface area contributed by atoms with Crippen LogP contribution in [0, 0.1) is 0 Å². The summed E-state index contributed by atoms with van der Waals surface area (Å²) in [5.41, 5.74) is 0.580. The third-order valence-electron chi connectivity index (χ3n) is 6.42. The molecule has 0 bridgehead atoms. The number of hydrogen-bond acceptors (Lipinski definition) is 7. The molecule has 3 amide bonds. The summed E-state index contributed by atoms with van der Waals surface area (Å²) in [6, 6.07) is 6.08. The minimum Gasteiger partial charge on any atom is -0.353 e. The first kappa shape index (κ1) is 21.5. The van der Waals surface area contributed by atoms with Gasteiger partial charge in [-0.05, 0) is 25.0 Å². The Balaban J connectivity index is 1.11. The zero-order valence-electron chi connectivity index (χ0n) is 18.1. The number of carbonyl (C=O) groups excluding carboxylic acids is 2. The highest BCUT2D eigenvalue weighted by atomic mass is 32.2. The number of hydrogen-bond donors (Lipinski definition) is 0. The molecule has 3 fully saturated rings. The van der Waals surface area contributed by atoms with Crippen LogP contribution in [0.25, 0.3) is 0 Å². The van der Waals surface area contributed by atoms with E-state index in [1.807, 2.05) is 44.5 Å². The van der Waals surface area contributed by atoms with Gasteiger partial charge in [-0.2, -0.15) is 0 Å². The van der Waals surface area contributed by atoms with Gasteiger partial charge in [0.15, 0.2) is 0 Å². The molecule has 0 aromatic carbocycles. The van der Waals surface area contributed by atoms with Gasteiger partial charge < -0.3 is 19.6 Å². The first-order valence-corrected chi connectivity index (χ1v) is 13.2. The van der Waals surface area contributed by atoms with Crippen molar-refractivity contribution in [3.63, 3.8) is 0 Å². The molecule has 10 heteroatoms. The Labute approximate surface area is 196 Å². The van der Waals surface area contributed by atoms with Gasteiger partial charge in [0.2, 0.25) is 0 Å². The summed E-state index contributed by atoms with van der Waals surface area (Å²) in [5.74, 6) is 3.13. The standard InChI is InChI=1S/C22H28N6O2S2/c29-21(28-13-14-31-16-28)18-15-32-20(24-18)17-4-7-26(8-5-17)22(30)27-11-9-25(10-12-27)19-3-1-2-6-23-19/h1-3,6,15,17H,4-5,7-14,16H2. The number of carbonyl (C=O) groups is 2. The summed E-state index contributed by atoms with van der Waals surface area (Å²) in [4.78, 5) is 42.7. The Morgan fingerprint density at radius 3 is 2.41 bits per heavy atom. The molecule has 8 nitrogen and oxygen atoms in total. The molecule has 0 saturated carbocycles. The zero-order chi connectivity index (χ0) is 21.9. The lowest BCUT2D eigenvalue weighted by Crippen LogP contribution is -2.54. The monoisotopic (exact) mass is 472 g/mol. The summed E-state index contributed by atoms with van der Waals surface area (Å²) < 4.78 is 0. The molecule has 5 heterocycles. The van der Waals surface area contributed by atoms with Crippen molar-refractivity contribution in [1.29, 1.82) is 0 Å². The molecule has 3 saturated heterocycles. The molecule has 0 unspecified atom stereocenters. The highest BCUT2D eigenvalue weighted by Gasteiger charge is 2.31. The molecule has 0 aliphatic carbocycles. The molecular formula is C22H28N6O2S2. The second-order valence-corrected chi connectivity index (χ2v) is 10.3. The summed E-state index contributed by atoms with van der Waals surface area (Å²) in [5, 5.41) is 2.94. The number of amides is 3. The minimum absolute atomic E-state index is 0.0509. The van der Waals surface area contributed by atoms with Gasteiger partial charge in [0.1, 0.15) is 11.5 Å². The second-order valence-electron chi connectivity index (χ2n) is 8.38. The molecule has 2 aromatic rings. The number of anilines is 1. The van der Waals surface area contributed by atoms with Crippen molar-refractivity contribution >= 4 is 40.9 Å². The maximum absolute atomic E-state index is 13.0. The van der Waals surface area contributed by atoms with Crippen molar-refractivity contribution in [3.8, 4) is 0 Å². The average Bonchev–Trinajstić information content (AvgIpc) is 3.57. The molecule has 0 radical (unpaired) electrons. The number of piperazine rings is 1. The molecule has 5 rings (SSSR count). The number of aromatic nitrogens is 2. The predicted octanol–water partition coefficient (Wildman–Crippen LogP) is 2.81. The maximum Gasteiger partial charge on any atom is 0.320 e. The first-order valence-electron chi connectivity index (χ1n) is 11.2. The molecule has 0 atom stereocenters. The quantitative estimate of drug-likeness (QED) is 0.684. The van der Waals surface area contributed by atoms with Crippen LogP contribution in [0.2, 0.25) is 0 Å².